The third-order valence-corrected chi connectivity index (χ3v) is 6.86. The minimum Gasteiger partial charge on any atom is -0.381 e. The molecule has 0 bridgehead atoms. The van der Waals surface area contributed by atoms with Crippen molar-refractivity contribution in [3.63, 3.8) is 0 Å². The van der Waals surface area contributed by atoms with Crippen LogP contribution in [0.2, 0.25) is 0 Å². The van der Waals surface area contributed by atoms with Gasteiger partial charge >= 0.3 is 0 Å². The first-order valence-electron chi connectivity index (χ1n) is 10.6. The maximum Gasteiger partial charge on any atom is 0.230 e. The molecule has 0 unspecified atom stereocenters. The Morgan fingerprint density at radius 2 is 1.94 bits per heavy atom. The number of nitrogens with zero attached hydrogens (tertiary/aromatic N) is 3. The summed E-state index contributed by atoms with van der Waals surface area (Å²) in [6, 6.07) is 16.7. The molecule has 1 N–H and O–H groups in total. The van der Waals surface area contributed by atoms with Gasteiger partial charge in [-0.15, -0.1) is 10.2 Å². The lowest BCUT2D eigenvalue weighted by Gasteiger charge is -2.38. The number of hydrogen-bond donors (Lipinski definition) is 1. The average Bonchev–Trinajstić information content (AvgIpc) is 3.26. The molecule has 0 aliphatic carbocycles. The Labute approximate surface area is 187 Å². The number of aryl methyl sites for hydroxylation is 2. The van der Waals surface area contributed by atoms with Crippen LogP contribution in [-0.2, 0) is 14.9 Å². The minimum atomic E-state index is -0.0706. The van der Waals surface area contributed by atoms with Gasteiger partial charge in [-0.25, -0.2) is 0 Å². The van der Waals surface area contributed by atoms with Crippen molar-refractivity contribution in [2.75, 3.05) is 25.5 Å². The topological polar surface area (TPSA) is 69.0 Å². The Hall–Kier alpha value is -2.64. The molecule has 1 aromatic heterocycles. The fourth-order valence-electron chi connectivity index (χ4n) is 4.13. The fourth-order valence-corrected chi connectivity index (χ4v) is 4.89. The molecule has 1 amide bonds. The number of amides is 1. The largest absolute Gasteiger partial charge is 0.381 e. The van der Waals surface area contributed by atoms with Crippen molar-refractivity contribution in [2.24, 2.45) is 0 Å². The molecule has 7 heteroatoms. The highest BCUT2D eigenvalue weighted by molar-refractivity contribution is 7.99. The van der Waals surface area contributed by atoms with E-state index in [0.29, 0.717) is 17.5 Å². The van der Waals surface area contributed by atoms with Crippen LogP contribution in [0.4, 0.5) is 0 Å². The van der Waals surface area contributed by atoms with Gasteiger partial charge in [0.2, 0.25) is 5.91 Å². The summed E-state index contributed by atoms with van der Waals surface area (Å²) in [5.74, 6) is 0.298. The van der Waals surface area contributed by atoms with Gasteiger partial charge in [-0.05, 0) is 43.9 Å². The molecule has 0 radical (unpaired) electrons. The van der Waals surface area contributed by atoms with Gasteiger partial charge in [-0.2, -0.15) is 0 Å². The number of benzene rings is 2. The Bertz CT molecular complexity index is 1030. The Morgan fingerprint density at radius 3 is 2.68 bits per heavy atom. The summed E-state index contributed by atoms with van der Waals surface area (Å²) in [6.45, 7) is 6.20. The number of thioether (sulfide) groups is 1. The zero-order chi connectivity index (χ0) is 21.7. The molecule has 2 aromatic carbocycles. The summed E-state index contributed by atoms with van der Waals surface area (Å²) in [5.41, 5.74) is 4.59. The molecule has 0 atom stereocenters. The van der Waals surface area contributed by atoms with Crippen LogP contribution in [0.1, 0.15) is 29.5 Å². The summed E-state index contributed by atoms with van der Waals surface area (Å²) in [5, 5.41) is 12.1. The van der Waals surface area contributed by atoms with Crippen molar-refractivity contribution in [3.8, 4) is 5.69 Å². The summed E-state index contributed by atoms with van der Waals surface area (Å²) in [7, 11) is 0. The van der Waals surface area contributed by atoms with E-state index in [0.717, 1.165) is 37.3 Å². The van der Waals surface area contributed by atoms with Crippen molar-refractivity contribution >= 4 is 17.7 Å². The normalized spacial score (nSPS) is 15.5. The Morgan fingerprint density at radius 1 is 1.16 bits per heavy atom. The second-order valence-electron chi connectivity index (χ2n) is 8.10. The molecular formula is C24H28N4O2S. The highest BCUT2D eigenvalue weighted by atomic mass is 32.2. The van der Waals surface area contributed by atoms with Gasteiger partial charge < -0.3 is 10.1 Å². The monoisotopic (exact) mass is 436 g/mol. The number of nitrogens with one attached hydrogen (secondary N) is 1. The van der Waals surface area contributed by atoms with Gasteiger partial charge in [-0.1, -0.05) is 59.8 Å². The number of carbonyl (C=O) groups excluding carboxylic acids is 1. The van der Waals surface area contributed by atoms with E-state index in [1.165, 1.54) is 22.9 Å². The molecule has 0 spiro atoms. The molecule has 0 saturated carbocycles. The van der Waals surface area contributed by atoms with E-state index < -0.39 is 0 Å². The smallest absolute Gasteiger partial charge is 0.230 e. The fraction of sp³-hybridized carbons (Fsp3) is 0.375. The lowest BCUT2D eigenvalue weighted by atomic mass is 9.74. The molecule has 1 fully saturated rings. The molecular weight excluding hydrogens is 408 g/mol. The standard InChI is InChI=1S/C24H28N4O2S/c1-18-8-9-21(19(2)14-18)28-17-26-27-23(28)31-15-22(29)25-16-24(10-12-30-13-11-24)20-6-4-3-5-7-20/h3-9,14,17H,10-13,15-16H2,1-2H3,(H,25,29). The number of hydrogen-bond acceptors (Lipinski definition) is 5. The van der Waals surface area contributed by atoms with E-state index in [-0.39, 0.29) is 11.3 Å². The van der Waals surface area contributed by atoms with Crippen molar-refractivity contribution in [2.45, 2.75) is 37.3 Å². The lowest BCUT2D eigenvalue weighted by Crippen LogP contribution is -2.45. The molecule has 6 nitrogen and oxygen atoms in total. The molecule has 2 heterocycles. The molecule has 162 valence electrons. The first-order valence-corrected chi connectivity index (χ1v) is 11.6. The van der Waals surface area contributed by atoms with Gasteiger partial charge in [0, 0.05) is 25.2 Å². The Kier molecular flexibility index (Phi) is 6.73. The summed E-state index contributed by atoms with van der Waals surface area (Å²) >= 11 is 1.40. The van der Waals surface area contributed by atoms with Gasteiger partial charge in [0.25, 0.3) is 0 Å². The highest BCUT2D eigenvalue weighted by Gasteiger charge is 2.34. The number of carbonyl (C=O) groups is 1. The van der Waals surface area contributed by atoms with Gasteiger partial charge in [0.15, 0.2) is 5.16 Å². The first kappa shape index (κ1) is 21.6. The Balaban J connectivity index is 1.39. The van der Waals surface area contributed by atoms with Crippen LogP contribution in [0, 0.1) is 13.8 Å². The maximum atomic E-state index is 12.7. The van der Waals surface area contributed by atoms with Crippen LogP contribution < -0.4 is 5.32 Å². The summed E-state index contributed by atoms with van der Waals surface area (Å²) < 4.78 is 7.53. The minimum absolute atomic E-state index is 0.00183. The van der Waals surface area contributed by atoms with E-state index in [1.54, 1.807) is 6.33 Å². The van der Waals surface area contributed by atoms with E-state index in [4.69, 9.17) is 4.74 Å². The van der Waals surface area contributed by atoms with E-state index >= 15 is 0 Å². The summed E-state index contributed by atoms with van der Waals surface area (Å²) in [4.78, 5) is 12.7. The number of aromatic nitrogens is 3. The third kappa shape index (κ3) is 4.99. The molecule has 3 aromatic rings. The van der Waals surface area contributed by atoms with Crippen LogP contribution in [0.5, 0.6) is 0 Å². The molecule has 31 heavy (non-hydrogen) atoms. The average molecular weight is 437 g/mol. The zero-order valence-electron chi connectivity index (χ0n) is 18.0. The second kappa shape index (κ2) is 9.66. The SMILES string of the molecule is Cc1ccc(-n2cnnc2SCC(=O)NCC2(c3ccccc3)CCOCC2)c(C)c1. The van der Waals surface area contributed by atoms with E-state index in [9.17, 15) is 4.79 Å². The van der Waals surface area contributed by atoms with E-state index in [1.807, 2.05) is 10.6 Å². The second-order valence-corrected chi connectivity index (χ2v) is 9.04. The predicted molar refractivity (Wildman–Crippen MR) is 123 cm³/mol. The van der Waals surface area contributed by atoms with E-state index in [2.05, 4.69) is 71.8 Å². The molecule has 1 saturated heterocycles. The van der Waals surface area contributed by atoms with Crippen LogP contribution in [0.25, 0.3) is 5.69 Å². The van der Waals surface area contributed by atoms with Crippen molar-refractivity contribution in [1.29, 1.82) is 0 Å². The van der Waals surface area contributed by atoms with Gasteiger partial charge in [0.05, 0.1) is 11.4 Å². The quantitative estimate of drug-likeness (QED) is 0.570. The van der Waals surface area contributed by atoms with Crippen LogP contribution in [0.3, 0.4) is 0 Å². The molecule has 1 aliphatic rings. The number of ether oxygens (including phenoxy) is 1. The van der Waals surface area contributed by atoms with Crippen molar-refractivity contribution in [3.05, 3.63) is 71.5 Å². The van der Waals surface area contributed by atoms with Crippen molar-refractivity contribution < 1.29 is 9.53 Å². The van der Waals surface area contributed by atoms with Gasteiger partial charge in [0.1, 0.15) is 6.33 Å². The van der Waals surface area contributed by atoms with Crippen LogP contribution >= 0.6 is 11.8 Å². The van der Waals surface area contributed by atoms with Crippen LogP contribution in [-0.4, -0.2) is 46.2 Å². The molecule has 4 rings (SSSR count). The zero-order valence-corrected chi connectivity index (χ0v) is 18.8. The maximum absolute atomic E-state index is 12.7. The number of rotatable bonds is 7. The molecule has 1 aliphatic heterocycles. The highest BCUT2D eigenvalue weighted by Crippen LogP contribution is 2.34. The third-order valence-electron chi connectivity index (χ3n) is 5.92. The van der Waals surface area contributed by atoms with Gasteiger partial charge in [-0.3, -0.25) is 9.36 Å². The lowest BCUT2D eigenvalue weighted by molar-refractivity contribution is -0.119. The first-order chi connectivity index (χ1) is 15.1. The van der Waals surface area contributed by atoms with Crippen LogP contribution in [0.15, 0.2) is 60.0 Å². The van der Waals surface area contributed by atoms with Crippen molar-refractivity contribution in [1.82, 2.24) is 20.1 Å². The predicted octanol–water partition coefficient (Wildman–Crippen LogP) is 3.84. The summed E-state index contributed by atoms with van der Waals surface area (Å²) in [6.07, 6.45) is 3.52.